The molecule has 0 radical (unpaired) electrons. The molecule has 0 spiro atoms. The van der Waals surface area contributed by atoms with Crippen molar-refractivity contribution in [3.05, 3.63) is 0 Å². The van der Waals surface area contributed by atoms with Crippen molar-refractivity contribution in [3.63, 3.8) is 0 Å². The zero-order valence-corrected chi connectivity index (χ0v) is 8.09. The number of hydrogen-bond donors (Lipinski definition) is 2. The molecular formula is C9H16N2O2. The van der Waals surface area contributed by atoms with Crippen LogP contribution < -0.4 is 10.6 Å². The van der Waals surface area contributed by atoms with Crippen molar-refractivity contribution >= 4 is 11.8 Å². The second-order valence-corrected chi connectivity index (χ2v) is 3.80. The minimum absolute atomic E-state index is 0.0234. The molecule has 0 bridgehead atoms. The van der Waals surface area contributed by atoms with Crippen LogP contribution in [0.15, 0.2) is 0 Å². The number of nitrogens with one attached hydrogen (secondary N) is 2. The lowest BCUT2D eigenvalue weighted by molar-refractivity contribution is -0.125. The van der Waals surface area contributed by atoms with Gasteiger partial charge in [-0.15, -0.1) is 0 Å². The first-order valence-electron chi connectivity index (χ1n) is 4.66. The van der Waals surface area contributed by atoms with Gasteiger partial charge in [-0.05, 0) is 12.3 Å². The molecule has 1 atom stereocenters. The quantitative estimate of drug-likeness (QED) is 0.650. The Kier molecular flexibility index (Phi) is 3.28. The van der Waals surface area contributed by atoms with Crippen LogP contribution in [0, 0.1) is 5.92 Å². The second kappa shape index (κ2) is 4.25. The molecule has 0 aromatic rings. The Morgan fingerprint density at radius 2 is 2.38 bits per heavy atom. The van der Waals surface area contributed by atoms with Gasteiger partial charge in [-0.25, -0.2) is 0 Å². The fourth-order valence-electron chi connectivity index (χ4n) is 1.24. The van der Waals surface area contributed by atoms with E-state index in [1.54, 1.807) is 0 Å². The number of hydrogen-bond acceptors (Lipinski definition) is 2. The molecule has 2 N–H and O–H groups in total. The highest BCUT2D eigenvalue weighted by atomic mass is 16.2. The fraction of sp³-hybridized carbons (Fsp3) is 0.778. The van der Waals surface area contributed by atoms with Gasteiger partial charge in [-0.3, -0.25) is 9.59 Å². The summed E-state index contributed by atoms with van der Waals surface area (Å²) >= 11 is 0. The Balaban J connectivity index is 2.27. The molecule has 0 aromatic carbocycles. The maximum Gasteiger partial charge on any atom is 0.242 e. The molecule has 74 valence electrons. The predicted octanol–water partition coefficient (Wildman–Crippen LogP) is 0.0372. The van der Waals surface area contributed by atoms with Crippen LogP contribution in [-0.2, 0) is 9.59 Å². The third-order valence-corrected chi connectivity index (χ3v) is 2.00. The van der Waals surface area contributed by atoms with Gasteiger partial charge < -0.3 is 10.6 Å². The number of carbonyl (C=O) groups excluding carboxylic acids is 2. The zero-order valence-electron chi connectivity index (χ0n) is 8.09. The Bertz CT molecular complexity index is 214. The van der Waals surface area contributed by atoms with Crippen LogP contribution in [0.1, 0.15) is 26.7 Å². The summed E-state index contributed by atoms with van der Waals surface area (Å²) in [5.74, 6) is 0.366. The molecule has 1 rings (SSSR count). The molecule has 1 unspecified atom stereocenters. The average molecular weight is 184 g/mol. The molecule has 0 aromatic heterocycles. The van der Waals surface area contributed by atoms with E-state index in [9.17, 15) is 9.59 Å². The highest BCUT2D eigenvalue weighted by Crippen LogP contribution is 2.06. The van der Waals surface area contributed by atoms with E-state index in [0.717, 1.165) is 0 Å². The highest BCUT2D eigenvalue weighted by molar-refractivity contribution is 5.90. The molecule has 1 aliphatic heterocycles. The lowest BCUT2D eigenvalue weighted by atomic mass is 10.2. The van der Waals surface area contributed by atoms with Gasteiger partial charge in [0.25, 0.3) is 0 Å². The van der Waals surface area contributed by atoms with E-state index < -0.39 is 0 Å². The number of rotatable bonds is 3. The van der Waals surface area contributed by atoms with Crippen molar-refractivity contribution in [2.45, 2.75) is 32.7 Å². The molecule has 1 saturated heterocycles. The van der Waals surface area contributed by atoms with E-state index in [0.29, 0.717) is 25.3 Å². The van der Waals surface area contributed by atoms with E-state index in [1.807, 2.05) is 13.8 Å². The third-order valence-electron chi connectivity index (χ3n) is 2.00. The molecule has 4 heteroatoms. The van der Waals surface area contributed by atoms with Gasteiger partial charge in [-0.2, -0.15) is 0 Å². The predicted molar refractivity (Wildman–Crippen MR) is 49.0 cm³/mol. The van der Waals surface area contributed by atoms with Gasteiger partial charge in [0.05, 0.1) is 0 Å². The Labute approximate surface area is 78.1 Å². The normalized spacial score (nSPS) is 21.8. The van der Waals surface area contributed by atoms with E-state index in [-0.39, 0.29) is 17.9 Å². The Hall–Kier alpha value is -1.06. The number of carbonyl (C=O) groups is 2. The van der Waals surface area contributed by atoms with Crippen molar-refractivity contribution in [1.82, 2.24) is 10.6 Å². The van der Waals surface area contributed by atoms with Gasteiger partial charge in [-0.1, -0.05) is 13.8 Å². The van der Waals surface area contributed by atoms with Crippen molar-refractivity contribution in [2.24, 2.45) is 5.92 Å². The molecule has 0 saturated carbocycles. The summed E-state index contributed by atoms with van der Waals surface area (Å²) in [6.07, 6.45) is 1.10. The Morgan fingerprint density at radius 1 is 1.69 bits per heavy atom. The van der Waals surface area contributed by atoms with Crippen LogP contribution >= 0.6 is 0 Å². The SMILES string of the molecule is CC(C)CNC(=O)C1CCC(=O)N1. The topological polar surface area (TPSA) is 58.2 Å². The summed E-state index contributed by atoms with van der Waals surface area (Å²) in [6, 6.07) is -0.300. The van der Waals surface area contributed by atoms with E-state index in [2.05, 4.69) is 10.6 Å². The molecule has 4 nitrogen and oxygen atoms in total. The molecule has 0 aliphatic carbocycles. The first kappa shape index (κ1) is 10.0. The lowest BCUT2D eigenvalue weighted by Crippen LogP contribution is -2.42. The van der Waals surface area contributed by atoms with Crippen molar-refractivity contribution in [2.75, 3.05) is 6.54 Å². The first-order valence-corrected chi connectivity index (χ1v) is 4.66. The Morgan fingerprint density at radius 3 is 2.85 bits per heavy atom. The third kappa shape index (κ3) is 3.05. The van der Waals surface area contributed by atoms with Gasteiger partial charge in [0.15, 0.2) is 0 Å². The van der Waals surface area contributed by atoms with Crippen LogP contribution in [0.3, 0.4) is 0 Å². The van der Waals surface area contributed by atoms with Gasteiger partial charge in [0.1, 0.15) is 6.04 Å². The maximum atomic E-state index is 11.4. The molecule has 1 aliphatic rings. The molecule has 1 heterocycles. The summed E-state index contributed by atoms with van der Waals surface area (Å²) in [5.41, 5.74) is 0. The number of amides is 2. The summed E-state index contributed by atoms with van der Waals surface area (Å²) in [7, 11) is 0. The van der Waals surface area contributed by atoms with Gasteiger partial charge in [0, 0.05) is 13.0 Å². The highest BCUT2D eigenvalue weighted by Gasteiger charge is 2.26. The minimum atomic E-state index is -0.300. The molecule has 2 amide bonds. The lowest BCUT2D eigenvalue weighted by Gasteiger charge is -2.12. The summed E-state index contributed by atoms with van der Waals surface area (Å²) < 4.78 is 0. The summed E-state index contributed by atoms with van der Waals surface area (Å²) in [5, 5.41) is 5.42. The minimum Gasteiger partial charge on any atom is -0.354 e. The van der Waals surface area contributed by atoms with Crippen molar-refractivity contribution in [1.29, 1.82) is 0 Å². The monoisotopic (exact) mass is 184 g/mol. The largest absolute Gasteiger partial charge is 0.354 e. The van der Waals surface area contributed by atoms with Gasteiger partial charge >= 0.3 is 0 Å². The van der Waals surface area contributed by atoms with Crippen molar-refractivity contribution < 1.29 is 9.59 Å². The maximum absolute atomic E-state index is 11.4. The molecule has 1 fully saturated rings. The smallest absolute Gasteiger partial charge is 0.242 e. The molecule has 13 heavy (non-hydrogen) atoms. The van der Waals surface area contributed by atoms with E-state index in [4.69, 9.17) is 0 Å². The van der Waals surface area contributed by atoms with E-state index >= 15 is 0 Å². The van der Waals surface area contributed by atoms with E-state index in [1.165, 1.54) is 0 Å². The standard InChI is InChI=1S/C9H16N2O2/c1-6(2)5-10-9(13)7-3-4-8(12)11-7/h6-7H,3-5H2,1-2H3,(H,10,13)(H,11,12). The first-order chi connectivity index (χ1) is 6.09. The van der Waals surface area contributed by atoms with Crippen LogP contribution in [0.2, 0.25) is 0 Å². The van der Waals surface area contributed by atoms with Crippen LogP contribution in [-0.4, -0.2) is 24.4 Å². The molecular weight excluding hydrogens is 168 g/mol. The van der Waals surface area contributed by atoms with Gasteiger partial charge in [0.2, 0.25) is 11.8 Å². The second-order valence-electron chi connectivity index (χ2n) is 3.80. The zero-order chi connectivity index (χ0) is 9.84. The average Bonchev–Trinajstić information content (AvgIpc) is 2.47. The summed E-state index contributed by atoms with van der Waals surface area (Å²) in [4.78, 5) is 22.2. The summed E-state index contributed by atoms with van der Waals surface area (Å²) in [6.45, 7) is 4.74. The van der Waals surface area contributed by atoms with Crippen LogP contribution in [0.5, 0.6) is 0 Å². The van der Waals surface area contributed by atoms with Crippen LogP contribution in [0.4, 0.5) is 0 Å². The van der Waals surface area contributed by atoms with Crippen LogP contribution in [0.25, 0.3) is 0 Å². The van der Waals surface area contributed by atoms with Crippen molar-refractivity contribution in [3.8, 4) is 0 Å². The fourth-order valence-corrected chi connectivity index (χ4v) is 1.24.